The second kappa shape index (κ2) is 7.15. The average Bonchev–Trinajstić information content (AvgIpc) is 2.04. The molecule has 0 aromatic rings. The zero-order valence-electron chi connectivity index (χ0n) is 8.27. The summed E-state index contributed by atoms with van der Waals surface area (Å²) < 4.78 is 0. The van der Waals surface area contributed by atoms with Gasteiger partial charge in [0.15, 0.2) is 0 Å². The zero-order chi connectivity index (χ0) is 9.40. The minimum atomic E-state index is -0.371. The monoisotopic (exact) mass is 168 g/mol. The second-order valence-electron chi connectivity index (χ2n) is 3.19. The molecule has 1 N–H and O–H groups in total. The van der Waals surface area contributed by atoms with Gasteiger partial charge < -0.3 is 5.11 Å². The number of unbranched alkanes of at least 4 members (excludes halogenated alkanes) is 3. The van der Waals surface area contributed by atoms with Crippen LogP contribution in [0.25, 0.3) is 0 Å². The zero-order valence-corrected chi connectivity index (χ0v) is 8.27. The van der Waals surface area contributed by atoms with Crippen molar-refractivity contribution in [1.82, 2.24) is 0 Å². The van der Waals surface area contributed by atoms with E-state index in [9.17, 15) is 5.11 Å². The van der Waals surface area contributed by atoms with E-state index >= 15 is 0 Å². The molecule has 1 atom stereocenters. The molecule has 0 rings (SSSR count). The van der Waals surface area contributed by atoms with Gasteiger partial charge in [-0.15, -0.1) is 5.73 Å². The largest absolute Gasteiger partial charge is 0.388 e. The van der Waals surface area contributed by atoms with E-state index < -0.39 is 0 Å². The van der Waals surface area contributed by atoms with Gasteiger partial charge in [-0.1, -0.05) is 32.8 Å². The Morgan fingerprint density at radius 3 is 2.50 bits per heavy atom. The highest BCUT2D eigenvalue weighted by atomic mass is 16.3. The first-order valence-corrected chi connectivity index (χ1v) is 4.79. The fourth-order valence-corrected chi connectivity index (χ4v) is 1.19. The lowest BCUT2D eigenvalue weighted by molar-refractivity contribution is 0.226. The lowest BCUT2D eigenvalue weighted by Gasteiger charge is -2.06. The van der Waals surface area contributed by atoms with Crippen LogP contribution in [-0.4, -0.2) is 11.2 Å². The van der Waals surface area contributed by atoms with E-state index in [1.807, 2.05) is 0 Å². The molecule has 0 aromatic carbocycles. The van der Waals surface area contributed by atoms with Crippen molar-refractivity contribution in [2.24, 2.45) is 0 Å². The molecule has 0 aromatic heterocycles. The van der Waals surface area contributed by atoms with Crippen LogP contribution in [0.2, 0.25) is 0 Å². The van der Waals surface area contributed by atoms with Crippen molar-refractivity contribution >= 4 is 0 Å². The summed E-state index contributed by atoms with van der Waals surface area (Å²) in [6, 6.07) is 0. The Labute approximate surface area is 75.8 Å². The lowest BCUT2D eigenvalue weighted by atomic mass is 10.0. The maximum absolute atomic E-state index is 9.23. The molecule has 1 nitrogen and oxygen atoms in total. The van der Waals surface area contributed by atoms with Crippen molar-refractivity contribution in [3.8, 4) is 0 Å². The molecule has 1 heteroatoms. The summed E-state index contributed by atoms with van der Waals surface area (Å²) in [5.41, 5.74) is 3.75. The molecular formula is C11H20O. The summed E-state index contributed by atoms with van der Waals surface area (Å²) in [6.45, 7) is 7.52. The predicted octanol–water partition coefficient (Wildman–Crippen LogP) is 3.05. The molecule has 0 fully saturated rings. The van der Waals surface area contributed by atoms with Crippen LogP contribution in [0.15, 0.2) is 17.9 Å². The van der Waals surface area contributed by atoms with Crippen molar-refractivity contribution in [3.63, 3.8) is 0 Å². The van der Waals surface area contributed by atoms with Crippen LogP contribution < -0.4 is 0 Å². The van der Waals surface area contributed by atoms with Crippen LogP contribution in [0.3, 0.4) is 0 Å². The van der Waals surface area contributed by atoms with E-state index in [2.05, 4.69) is 19.2 Å². The van der Waals surface area contributed by atoms with Crippen LogP contribution >= 0.6 is 0 Å². The lowest BCUT2D eigenvalue weighted by Crippen LogP contribution is -2.03. The summed E-state index contributed by atoms with van der Waals surface area (Å²) in [5.74, 6) is 0. The van der Waals surface area contributed by atoms with Crippen LogP contribution in [0, 0.1) is 0 Å². The highest BCUT2D eigenvalue weighted by molar-refractivity contribution is 5.03. The highest BCUT2D eigenvalue weighted by Crippen LogP contribution is 2.11. The van der Waals surface area contributed by atoms with Crippen LogP contribution in [0.1, 0.15) is 46.0 Å². The van der Waals surface area contributed by atoms with Crippen molar-refractivity contribution in [1.29, 1.82) is 0 Å². The Morgan fingerprint density at radius 1 is 1.42 bits per heavy atom. The van der Waals surface area contributed by atoms with Crippen molar-refractivity contribution < 1.29 is 5.11 Å². The van der Waals surface area contributed by atoms with E-state index in [1.165, 1.54) is 19.3 Å². The third-order valence-electron chi connectivity index (χ3n) is 2.03. The van der Waals surface area contributed by atoms with Gasteiger partial charge in [-0.3, -0.25) is 0 Å². The molecule has 0 spiro atoms. The van der Waals surface area contributed by atoms with E-state index in [0.717, 1.165) is 18.4 Å². The molecule has 0 bridgehead atoms. The molecule has 0 aliphatic rings. The molecule has 0 amide bonds. The third-order valence-corrected chi connectivity index (χ3v) is 2.03. The van der Waals surface area contributed by atoms with Crippen molar-refractivity contribution in [2.75, 3.05) is 0 Å². The molecule has 0 unspecified atom stereocenters. The second-order valence-corrected chi connectivity index (χ2v) is 3.19. The Morgan fingerprint density at radius 2 is 2.08 bits per heavy atom. The van der Waals surface area contributed by atoms with E-state index in [-0.39, 0.29) is 6.10 Å². The maximum atomic E-state index is 9.23. The number of aliphatic hydroxyl groups is 1. The van der Waals surface area contributed by atoms with Gasteiger partial charge >= 0.3 is 0 Å². The van der Waals surface area contributed by atoms with Gasteiger partial charge in [-0.25, -0.2) is 0 Å². The minimum absolute atomic E-state index is 0.371. The summed E-state index contributed by atoms with van der Waals surface area (Å²) >= 11 is 0. The molecule has 0 saturated heterocycles. The van der Waals surface area contributed by atoms with Crippen LogP contribution in [0.4, 0.5) is 0 Å². The Hall–Kier alpha value is -0.520. The topological polar surface area (TPSA) is 20.2 Å². The number of hydrogen-bond acceptors (Lipinski definition) is 1. The van der Waals surface area contributed by atoms with E-state index in [1.54, 1.807) is 6.92 Å². The first-order valence-electron chi connectivity index (χ1n) is 4.79. The summed E-state index contributed by atoms with van der Waals surface area (Å²) in [7, 11) is 0. The molecule has 0 heterocycles. The first-order chi connectivity index (χ1) is 5.72. The third kappa shape index (κ3) is 5.17. The van der Waals surface area contributed by atoms with Crippen LogP contribution in [-0.2, 0) is 0 Å². The van der Waals surface area contributed by atoms with E-state index in [4.69, 9.17) is 0 Å². The highest BCUT2D eigenvalue weighted by Gasteiger charge is 2.02. The summed E-state index contributed by atoms with van der Waals surface area (Å²) in [4.78, 5) is 0. The maximum Gasteiger partial charge on any atom is 0.0795 e. The molecular weight excluding hydrogens is 148 g/mol. The summed E-state index contributed by atoms with van der Waals surface area (Å²) in [6.07, 6.45) is 5.50. The van der Waals surface area contributed by atoms with Gasteiger partial charge in [-0.05, 0) is 25.3 Å². The van der Waals surface area contributed by atoms with Crippen molar-refractivity contribution in [2.45, 2.75) is 52.1 Å². The van der Waals surface area contributed by atoms with Crippen molar-refractivity contribution in [3.05, 3.63) is 17.9 Å². The van der Waals surface area contributed by atoms with Gasteiger partial charge in [-0.2, -0.15) is 0 Å². The normalized spacial score (nSPS) is 12.2. The number of hydrogen-bond donors (Lipinski definition) is 1. The summed E-state index contributed by atoms with van der Waals surface area (Å²) in [5, 5.41) is 9.23. The Bertz CT molecular complexity index is 152. The van der Waals surface area contributed by atoms with Gasteiger partial charge in [0, 0.05) is 0 Å². The Kier molecular flexibility index (Phi) is 6.84. The van der Waals surface area contributed by atoms with Gasteiger partial charge in [0.05, 0.1) is 6.10 Å². The predicted molar refractivity (Wildman–Crippen MR) is 53.1 cm³/mol. The fourth-order valence-electron chi connectivity index (χ4n) is 1.19. The number of aliphatic hydroxyl groups excluding tert-OH is 1. The van der Waals surface area contributed by atoms with Gasteiger partial charge in [0.1, 0.15) is 0 Å². The molecule has 0 radical (unpaired) electrons. The molecule has 12 heavy (non-hydrogen) atoms. The molecule has 0 aliphatic heterocycles. The quantitative estimate of drug-likeness (QED) is 0.477. The first kappa shape index (κ1) is 11.5. The average molecular weight is 168 g/mol. The standard InChI is InChI=1S/C11H20O/c1-4-6-7-8-9-11(5-2)10(3)12/h10,12H,2,4,6-9H2,1,3H3/t10-/m0/s1. The Balaban J connectivity index is 3.54. The molecule has 0 aliphatic carbocycles. The van der Waals surface area contributed by atoms with E-state index in [0.29, 0.717) is 0 Å². The number of rotatable bonds is 6. The van der Waals surface area contributed by atoms with Gasteiger partial charge in [0.25, 0.3) is 0 Å². The smallest absolute Gasteiger partial charge is 0.0795 e. The minimum Gasteiger partial charge on any atom is -0.388 e. The SMILES string of the molecule is C=C=C(CCCCCC)[C@H](C)O. The fraction of sp³-hybridized carbons (Fsp3) is 0.727. The van der Waals surface area contributed by atoms with Crippen LogP contribution in [0.5, 0.6) is 0 Å². The van der Waals surface area contributed by atoms with Gasteiger partial charge in [0.2, 0.25) is 0 Å². The molecule has 0 saturated carbocycles. The molecule has 70 valence electrons.